The van der Waals surface area contributed by atoms with Gasteiger partial charge in [-0.05, 0) is 31.5 Å². The lowest BCUT2D eigenvalue weighted by Gasteiger charge is -2.13. The summed E-state index contributed by atoms with van der Waals surface area (Å²) in [6.45, 7) is 3.97. The maximum absolute atomic E-state index is 12.1. The number of amides is 1. The number of benzene rings is 2. The van der Waals surface area contributed by atoms with Crippen LogP contribution < -0.4 is 5.32 Å². The minimum Gasteiger partial charge on any atom is -0.411 e. The first-order chi connectivity index (χ1) is 12.1. The van der Waals surface area contributed by atoms with Crippen LogP contribution in [-0.4, -0.2) is 21.9 Å². The van der Waals surface area contributed by atoms with E-state index in [1.165, 1.54) is 11.8 Å². The smallest absolute Gasteiger partial charge is 0.277 e. The minimum absolute atomic E-state index is 0.0418. The third kappa shape index (κ3) is 4.70. The second kappa shape index (κ2) is 7.98. The van der Waals surface area contributed by atoms with Gasteiger partial charge < -0.3 is 9.73 Å². The fraction of sp³-hybridized carbons (Fsp3) is 0.211. The fourth-order valence-corrected chi connectivity index (χ4v) is 2.97. The molecule has 128 valence electrons. The average Bonchev–Trinajstić information content (AvgIpc) is 3.10. The molecule has 1 unspecified atom stereocenters. The summed E-state index contributed by atoms with van der Waals surface area (Å²) >= 11 is 1.23. The summed E-state index contributed by atoms with van der Waals surface area (Å²) < 4.78 is 5.63. The largest absolute Gasteiger partial charge is 0.411 e. The number of hydrogen-bond donors (Lipinski definition) is 1. The lowest BCUT2D eigenvalue weighted by atomic mass is 10.1. The predicted octanol–water partition coefficient (Wildman–Crippen LogP) is 4.01. The van der Waals surface area contributed by atoms with Gasteiger partial charge in [-0.2, -0.15) is 0 Å². The predicted molar refractivity (Wildman–Crippen MR) is 98.2 cm³/mol. The Morgan fingerprint density at radius 3 is 2.72 bits per heavy atom. The van der Waals surface area contributed by atoms with Crippen LogP contribution in [0.5, 0.6) is 0 Å². The number of rotatable bonds is 6. The lowest BCUT2D eigenvalue weighted by Crippen LogP contribution is -2.28. The van der Waals surface area contributed by atoms with Crippen LogP contribution in [-0.2, 0) is 4.79 Å². The van der Waals surface area contributed by atoms with E-state index in [1.807, 2.05) is 68.4 Å². The van der Waals surface area contributed by atoms with Gasteiger partial charge in [-0.1, -0.05) is 59.8 Å². The van der Waals surface area contributed by atoms with Gasteiger partial charge in [-0.15, -0.1) is 10.2 Å². The standard InChI is InChI=1S/C19H19N3O2S/c1-13-7-6-10-16(11-13)18-21-22-19(24-18)25-12-17(23)20-14(2)15-8-4-3-5-9-15/h3-11,14H,12H2,1-2H3,(H,20,23). The zero-order chi connectivity index (χ0) is 17.6. The van der Waals surface area contributed by atoms with E-state index in [9.17, 15) is 4.79 Å². The summed E-state index contributed by atoms with van der Waals surface area (Å²) in [6, 6.07) is 17.7. The van der Waals surface area contributed by atoms with Crippen LogP contribution in [0.3, 0.4) is 0 Å². The first kappa shape index (κ1) is 17.2. The Bertz CT molecular complexity index is 849. The molecule has 5 nitrogen and oxygen atoms in total. The van der Waals surface area contributed by atoms with Crippen LogP contribution in [0.2, 0.25) is 0 Å². The number of nitrogens with zero attached hydrogens (tertiary/aromatic N) is 2. The summed E-state index contributed by atoms with van der Waals surface area (Å²) in [7, 11) is 0. The summed E-state index contributed by atoms with van der Waals surface area (Å²) in [4.78, 5) is 12.1. The average molecular weight is 353 g/mol. The number of aromatic nitrogens is 2. The van der Waals surface area contributed by atoms with Crippen molar-refractivity contribution in [2.24, 2.45) is 0 Å². The van der Waals surface area contributed by atoms with Gasteiger partial charge in [0.15, 0.2) is 0 Å². The molecule has 0 bridgehead atoms. The van der Waals surface area contributed by atoms with Gasteiger partial charge in [-0.25, -0.2) is 0 Å². The normalized spacial score (nSPS) is 11.9. The number of nitrogens with one attached hydrogen (secondary N) is 1. The molecule has 1 atom stereocenters. The van der Waals surface area contributed by atoms with Crippen molar-refractivity contribution < 1.29 is 9.21 Å². The Labute approximate surface area is 150 Å². The monoisotopic (exact) mass is 353 g/mol. The summed E-state index contributed by atoms with van der Waals surface area (Å²) in [6.07, 6.45) is 0. The van der Waals surface area contributed by atoms with E-state index in [0.717, 1.165) is 16.7 Å². The van der Waals surface area contributed by atoms with Gasteiger partial charge in [0, 0.05) is 5.56 Å². The molecular formula is C19H19N3O2S. The Kier molecular flexibility index (Phi) is 5.50. The van der Waals surface area contributed by atoms with E-state index in [2.05, 4.69) is 15.5 Å². The topological polar surface area (TPSA) is 68.0 Å². The molecule has 0 saturated carbocycles. The molecule has 1 heterocycles. The lowest BCUT2D eigenvalue weighted by molar-refractivity contribution is -0.119. The summed E-state index contributed by atoms with van der Waals surface area (Å²) in [5.74, 6) is 0.619. The van der Waals surface area contributed by atoms with Crippen LogP contribution in [0.1, 0.15) is 24.1 Å². The van der Waals surface area contributed by atoms with Gasteiger partial charge in [0.25, 0.3) is 5.22 Å². The van der Waals surface area contributed by atoms with Crippen LogP contribution in [0.4, 0.5) is 0 Å². The Hall–Kier alpha value is -2.60. The van der Waals surface area contributed by atoms with Crippen LogP contribution in [0.15, 0.2) is 64.2 Å². The van der Waals surface area contributed by atoms with E-state index in [4.69, 9.17) is 4.42 Å². The van der Waals surface area contributed by atoms with Crippen molar-refractivity contribution in [3.05, 3.63) is 65.7 Å². The van der Waals surface area contributed by atoms with Crippen molar-refractivity contribution in [2.45, 2.75) is 25.1 Å². The van der Waals surface area contributed by atoms with Crippen molar-refractivity contribution in [3.8, 4) is 11.5 Å². The molecule has 0 saturated heterocycles. The molecule has 0 radical (unpaired) electrons. The molecule has 0 spiro atoms. The van der Waals surface area contributed by atoms with Gasteiger partial charge in [0.05, 0.1) is 11.8 Å². The van der Waals surface area contributed by atoms with Crippen molar-refractivity contribution in [3.63, 3.8) is 0 Å². The third-order valence-electron chi connectivity index (χ3n) is 3.68. The summed E-state index contributed by atoms with van der Waals surface area (Å²) in [5.41, 5.74) is 3.07. The van der Waals surface area contributed by atoms with Gasteiger partial charge >= 0.3 is 0 Å². The second-order valence-corrected chi connectivity index (χ2v) is 6.66. The van der Waals surface area contributed by atoms with E-state index in [-0.39, 0.29) is 17.7 Å². The first-order valence-electron chi connectivity index (χ1n) is 7.99. The second-order valence-electron chi connectivity index (χ2n) is 5.73. The van der Waals surface area contributed by atoms with Crippen molar-refractivity contribution >= 4 is 17.7 Å². The Morgan fingerprint density at radius 2 is 1.96 bits per heavy atom. The molecule has 0 fully saturated rings. The number of carbonyl (C=O) groups is 1. The highest BCUT2D eigenvalue weighted by Gasteiger charge is 2.13. The van der Waals surface area contributed by atoms with E-state index >= 15 is 0 Å². The van der Waals surface area contributed by atoms with Gasteiger partial charge in [0.2, 0.25) is 11.8 Å². The van der Waals surface area contributed by atoms with E-state index in [0.29, 0.717) is 11.1 Å². The number of carbonyl (C=O) groups excluding carboxylic acids is 1. The zero-order valence-corrected chi connectivity index (χ0v) is 14.9. The molecule has 3 aromatic rings. The fourth-order valence-electron chi connectivity index (χ4n) is 2.40. The third-order valence-corrected chi connectivity index (χ3v) is 4.49. The van der Waals surface area contributed by atoms with Crippen LogP contribution in [0.25, 0.3) is 11.5 Å². The maximum atomic E-state index is 12.1. The molecule has 2 aromatic carbocycles. The Balaban J connectivity index is 1.54. The molecule has 25 heavy (non-hydrogen) atoms. The highest BCUT2D eigenvalue weighted by atomic mass is 32.2. The zero-order valence-electron chi connectivity index (χ0n) is 14.1. The molecule has 6 heteroatoms. The van der Waals surface area contributed by atoms with Crippen LogP contribution >= 0.6 is 11.8 Å². The molecule has 0 aliphatic rings. The van der Waals surface area contributed by atoms with Gasteiger partial charge in [-0.3, -0.25) is 4.79 Å². The number of hydrogen-bond acceptors (Lipinski definition) is 5. The van der Waals surface area contributed by atoms with Crippen molar-refractivity contribution in [1.29, 1.82) is 0 Å². The SMILES string of the molecule is Cc1cccc(-c2nnc(SCC(=O)NC(C)c3ccccc3)o2)c1. The maximum Gasteiger partial charge on any atom is 0.277 e. The quantitative estimate of drug-likeness (QED) is 0.678. The van der Waals surface area contributed by atoms with Crippen molar-refractivity contribution in [2.75, 3.05) is 5.75 Å². The van der Waals surface area contributed by atoms with Crippen molar-refractivity contribution in [1.82, 2.24) is 15.5 Å². The summed E-state index contributed by atoms with van der Waals surface area (Å²) in [5, 5.41) is 11.4. The molecular weight excluding hydrogens is 334 g/mol. The van der Waals surface area contributed by atoms with E-state index < -0.39 is 0 Å². The highest BCUT2D eigenvalue weighted by Crippen LogP contribution is 2.23. The number of aryl methyl sites for hydroxylation is 1. The minimum atomic E-state index is -0.0725. The van der Waals surface area contributed by atoms with Gasteiger partial charge in [0.1, 0.15) is 0 Å². The molecule has 1 amide bonds. The Morgan fingerprint density at radius 1 is 1.16 bits per heavy atom. The first-order valence-corrected chi connectivity index (χ1v) is 8.98. The highest BCUT2D eigenvalue weighted by molar-refractivity contribution is 7.99. The van der Waals surface area contributed by atoms with Crippen LogP contribution in [0, 0.1) is 6.92 Å². The molecule has 0 aliphatic carbocycles. The number of thioether (sulfide) groups is 1. The molecule has 1 N–H and O–H groups in total. The molecule has 0 aliphatic heterocycles. The van der Waals surface area contributed by atoms with E-state index in [1.54, 1.807) is 0 Å². The molecule has 3 rings (SSSR count). The molecule has 1 aromatic heterocycles.